The smallest absolute Gasteiger partial charge is 0.259 e. The molecule has 6 nitrogen and oxygen atoms in total. The average Bonchev–Trinajstić information content (AvgIpc) is 3.33. The number of hydrogen-bond acceptors (Lipinski definition) is 4. The zero-order valence-electron chi connectivity index (χ0n) is 15.2. The van der Waals surface area contributed by atoms with E-state index in [-0.39, 0.29) is 11.7 Å². The van der Waals surface area contributed by atoms with Crippen LogP contribution in [0.1, 0.15) is 43.0 Å². The molecule has 0 atom stereocenters. The highest BCUT2D eigenvalue weighted by Gasteiger charge is 2.22. The van der Waals surface area contributed by atoms with Crippen LogP contribution in [0.3, 0.4) is 0 Å². The third-order valence-corrected chi connectivity index (χ3v) is 5.02. The van der Waals surface area contributed by atoms with E-state index < -0.39 is 0 Å². The molecule has 7 heteroatoms. The molecule has 140 valence electrons. The van der Waals surface area contributed by atoms with Crippen LogP contribution in [-0.4, -0.2) is 26.7 Å². The Morgan fingerprint density at radius 1 is 1.22 bits per heavy atom. The molecule has 1 aliphatic carbocycles. The predicted octanol–water partition coefficient (Wildman–Crippen LogP) is 4.20. The fourth-order valence-electron chi connectivity index (χ4n) is 3.59. The molecule has 1 aromatic carbocycles. The molecule has 0 aliphatic heterocycles. The summed E-state index contributed by atoms with van der Waals surface area (Å²) in [7, 11) is 0. The van der Waals surface area contributed by atoms with E-state index >= 15 is 0 Å². The molecule has 1 fully saturated rings. The van der Waals surface area contributed by atoms with Gasteiger partial charge in [-0.2, -0.15) is 5.10 Å². The highest BCUT2D eigenvalue weighted by molar-refractivity contribution is 6.12. The molecule has 0 saturated heterocycles. The zero-order valence-corrected chi connectivity index (χ0v) is 15.2. The first-order chi connectivity index (χ1) is 13.2. The molecule has 0 spiro atoms. The number of amides is 1. The fraction of sp³-hybridized carbons (Fsp3) is 0.350. The maximum absolute atomic E-state index is 13.1. The van der Waals surface area contributed by atoms with Crippen LogP contribution in [0.25, 0.3) is 11.0 Å². The van der Waals surface area contributed by atoms with Crippen LogP contribution < -0.4 is 10.6 Å². The number of carbonyl (C=O) groups excluding carboxylic acids is 1. The lowest BCUT2D eigenvalue weighted by molar-refractivity contribution is 0.102. The first kappa shape index (κ1) is 17.5. The molecule has 3 aromatic rings. The van der Waals surface area contributed by atoms with Gasteiger partial charge in [0.1, 0.15) is 5.82 Å². The molecule has 1 aliphatic rings. The van der Waals surface area contributed by atoms with Crippen molar-refractivity contribution in [3.63, 3.8) is 0 Å². The van der Waals surface area contributed by atoms with E-state index in [1.54, 1.807) is 24.5 Å². The fourth-order valence-corrected chi connectivity index (χ4v) is 3.59. The monoisotopic (exact) mass is 367 g/mol. The van der Waals surface area contributed by atoms with Gasteiger partial charge in [0.25, 0.3) is 5.91 Å². The molecule has 0 unspecified atom stereocenters. The SMILES string of the molecule is CCn1ncc2c(NC3CCCC3)c(C(=O)Nc3ccc(F)cc3)cnc21. The van der Waals surface area contributed by atoms with Crippen LogP contribution in [-0.2, 0) is 6.54 Å². The Hall–Kier alpha value is -2.96. The average molecular weight is 367 g/mol. The highest BCUT2D eigenvalue weighted by atomic mass is 19.1. The van der Waals surface area contributed by atoms with E-state index in [2.05, 4.69) is 20.7 Å². The standard InChI is InChI=1S/C20H22FN5O/c1-2-26-19-16(12-23-26)18(24-14-5-3-4-6-14)17(11-22-19)20(27)25-15-9-7-13(21)8-10-15/h7-12,14H,2-6H2,1H3,(H,22,24)(H,25,27). The summed E-state index contributed by atoms with van der Waals surface area (Å²) < 4.78 is 14.9. The van der Waals surface area contributed by atoms with E-state index in [9.17, 15) is 9.18 Å². The molecular formula is C20H22FN5O. The van der Waals surface area contributed by atoms with Crippen LogP contribution in [0, 0.1) is 5.82 Å². The molecule has 2 heterocycles. The summed E-state index contributed by atoms with van der Waals surface area (Å²) in [6, 6.07) is 6.06. The summed E-state index contributed by atoms with van der Waals surface area (Å²) in [6.07, 6.45) is 7.91. The first-order valence-electron chi connectivity index (χ1n) is 9.33. The summed E-state index contributed by atoms with van der Waals surface area (Å²) in [5.74, 6) is -0.618. The van der Waals surface area contributed by atoms with Crippen LogP contribution in [0.5, 0.6) is 0 Å². The Balaban J connectivity index is 1.71. The van der Waals surface area contributed by atoms with Crippen molar-refractivity contribution in [1.29, 1.82) is 0 Å². The summed E-state index contributed by atoms with van der Waals surface area (Å²) in [5, 5.41) is 11.6. The van der Waals surface area contributed by atoms with Crippen molar-refractivity contribution >= 4 is 28.3 Å². The lowest BCUT2D eigenvalue weighted by Crippen LogP contribution is -2.20. The van der Waals surface area contributed by atoms with Crippen molar-refractivity contribution < 1.29 is 9.18 Å². The number of nitrogens with one attached hydrogen (secondary N) is 2. The van der Waals surface area contributed by atoms with Gasteiger partial charge in [0, 0.05) is 24.5 Å². The van der Waals surface area contributed by atoms with E-state index in [4.69, 9.17) is 0 Å². The molecule has 2 aromatic heterocycles. The van der Waals surface area contributed by atoms with Crippen LogP contribution in [0.15, 0.2) is 36.7 Å². The minimum atomic E-state index is -0.341. The maximum atomic E-state index is 13.1. The van der Waals surface area contributed by atoms with Gasteiger partial charge in [-0.15, -0.1) is 0 Å². The molecule has 27 heavy (non-hydrogen) atoms. The second-order valence-electron chi connectivity index (χ2n) is 6.83. The Bertz CT molecular complexity index is 960. The second kappa shape index (κ2) is 7.34. The largest absolute Gasteiger partial charge is 0.381 e. The van der Waals surface area contributed by atoms with Gasteiger partial charge in [0.05, 0.1) is 22.8 Å². The van der Waals surface area contributed by atoms with Gasteiger partial charge in [0.15, 0.2) is 5.65 Å². The molecule has 4 rings (SSSR count). The minimum absolute atomic E-state index is 0.277. The minimum Gasteiger partial charge on any atom is -0.381 e. The van der Waals surface area contributed by atoms with Gasteiger partial charge >= 0.3 is 0 Å². The number of pyridine rings is 1. The molecule has 0 bridgehead atoms. The van der Waals surface area contributed by atoms with Crippen LogP contribution in [0.2, 0.25) is 0 Å². The number of aromatic nitrogens is 3. The lowest BCUT2D eigenvalue weighted by Gasteiger charge is -2.18. The number of benzene rings is 1. The normalized spacial score (nSPS) is 14.6. The molecule has 2 N–H and O–H groups in total. The lowest BCUT2D eigenvalue weighted by atomic mass is 10.1. The predicted molar refractivity (Wildman–Crippen MR) is 103 cm³/mol. The number of fused-ring (bicyclic) bond motifs is 1. The number of hydrogen-bond donors (Lipinski definition) is 2. The van der Waals surface area contributed by atoms with E-state index in [1.165, 1.54) is 25.0 Å². The number of carbonyl (C=O) groups is 1. The Morgan fingerprint density at radius 3 is 2.67 bits per heavy atom. The molecule has 1 saturated carbocycles. The first-order valence-corrected chi connectivity index (χ1v) is 9.33. The number of nitrogens with zero attached hydrogens (tertiary/aromatic N) is 3. The Morgan fingerprint density at radius 2 is 1.96 bits per heavy atom. The molecule has 1 amide bonds. The van der Waals surface area contributed by atoms with Crippen molar-refractivity contribution in [3.8, 4) is 0 Å². The van der Waals surface area contributed by atoms with Gasteiger partial charge in [-0.3, -0.25) is 4.79 Å². The molecule has 0 radical (unpaired) electrons. The van der Waals surface area contributed by atoms with Gasteiger partial charge < -0.3 is 10.6 Å². The van der Waals surface area contributed by atoms with Crippen molar-refractivity contribution in [3.05, 3.63) is 48.0 Å². The Kier molecular flexibility index (Phi) is 4.75. The summed E-state index contributed by atoms with van der Waals surface area (Å²) >= 11 is 0. The van der Waals surface area contributed by atoms with Crippen molar-refractivity contribution in [2.45, 2.75) is 45.2 Å². The van der Waals surface area contributed by atoms with Gasteiger partial charge in [-0.25, -0.2) is 14.1 Å². The Labute approximate surface area is 156 Å². The van der Waals surface area contributed by atoms with Crippen LogP contribution >= 0.6 is 0 Å². The third-order valence-electron chi connectivity index (χ3n) is 5.02. The van der Waals surface area contributed by atoms with Crippen molar-refractivity contribution in [2.75, 3.05) is 10.6 Å². The van der Waals surface area contributed by atoms with Crippen LogP contribution in [0.4, 0.5) is 15.8 Å². The zero-order chi connectivity index (χ0) is 18.8. The summed E-state index contributed by atoms with van der Waals surface area (Å²) in [6.45, 7) is 2.72. The number of halogens is 1. The maximum Gasteiger partial charge on any atom is 0.259 e. The number of aryl methyl sites for hydroxylation is 1. The van der Waals surface area contributed by atoms with Gasteiger partial charge in [0.2, 0.25) is 0 Å². The van der Waals surface area contributed by atoms with E-state index in [0.717, 1.165) is 29.6 Å². The van der Waals surface area contributed by atoms with Crippen molar-refractivity contribution in [1.82, 2.24) is 14.8 Å². The van der Waals surface area contributed by atoms with E-state index in [0.29, 0.717) is 23.8 Å². The quantitative estimate of drug-likeness (QED) is 0.709. The highest BCUT2D eigenvalue weighted by Crippen LogP contribution is 2.30. The van der Waals surface area contributed by atoms with Gasteiger partial charge in [-0.05, 0) is 44.0 Å². The summed E-state index contributed by atoms with van der Waals surface area (Å²) in [4.78, 5) is 17.4. The summed E-state index contributed by atoms with van der Waals surface area (Å²) in [5.41, 5.74) is 2.54. The van der Waals surface area contributed by atoms with Gasteiger partial charge in [-0.1, -0.05) is 12.8 Å². The second-order valence-corrected chi connectivity index (χ2v) is 6.83. The van der Waals surface area contributed by atoms with Crippen molar-refractivity contribution in [2.24, 2.45) is 0 Å². The number of anilines is 2. The topological polar surface area (TPSA) is 71.8 Å². The number of rotatable bonds is 5. The van der Waals surface area contributed by atoms with E-state index in [1.807, 2.05) is 11.6 Å². The molecular weight excluding hydrogens is 345 g/mol. The third kappa shape index (κ3) is 3.49.